The van der Waals surface area contributed by atoms with E-state index >= 15 is 0 Å². The van der Waals surface area contributed by atoms with Crippen LogP contribution >= 0.6 is 0 Å². The SMILES string of the molecule is CC(O)CC1CCCN1C(=O)c1cccc(-c2ccoc2)c1. The molecular weight excluding hydrogens is 278 g/mol. The molecule has 2 aromatic rings. The van der Waals surface area contributed by atoms with E-state index in [9.17, 15) is 9.90 Å². The summed E-state index contributed by atoms with van der Waals surface area (Å²) >= 11 is 0. The molecule has 0 spiro atoms. The molecule has 1 fully saturated rings. The summed E-state index contributed by atoms with van der Waals surface area (Å²) in [5, 5.41) is 9.60. The van der Waals surface area contributed by atoms with Crippen LogP contribution in [0, 0.1) is 0 Å². The van der Waals surface area contributed by atoms with Gasteiger partial charge in [0.05, 0.1) is 18.6 Å². The van der Waals surface area contributed by atoms with E-state index in [2.05, 4.69) is 0 Å². The molecule has 0 radical (unpaired) electrons. The zero-order valence-corrected chi connectivity index (χ0v) is 12.7. The third-order valence-electron chi connectivity index (χ3n) is 4.22. The van der Waals surface area contributed by atoms with E-state index < -0.39 is 0 Å². The number of nitrogens with zero attached hydrogens (tertiary/aromatic N) is 1. The fourth-order valence-corrected chi connectivity index (χ4v) is 3.17. The van der Waals surface area contributed by atoms with Crippen molar-refractivity contribution >= 4 is 5.91 Å². The Morgan fingerprint density at radius 2 is 2.27 bits per heavy atom. The lowest BCUT2D eigenvalue weighted by molar-refractivity contribution is 0.0682. The minimum absolute atomic E-state index is 0.0495. The number of hydrogen-bond donors (Lipinski definition) is 1. The van der Waals surface area contributed by atoms with Gasteiger partial charge in [-0.05, 0) is 49.9 Å². The Kier molecular flexibility index (Phi) is 4.29. The fraction of sp³-hybridized carbons (Fsp3) is 0.389. The Bertz CT molecular complexity index is 634. The molecule has 2 heterocycles. The van der Waals surface area contributed by atoms with Gasteiger partial charge in [-0.25, -0.2) is 0 Å². The lowest BCUT2D eigenvalue weighted by Gasteiger charge is -2.26. The van der Waals surface area contributed by atoms with Gasteiger partial charge >= 0.3 is 0 Å². The average Bonchev–Trinajstić information content (AvgIpc) is 3.17. The van der Waals surface area contributed by atoms with E-state index in [1.807, 2.05) is 35.2 Å². The molecule has 1 saturated heterocycles. The third-order valence-corrected chi connectivity index (χ3v) is 4.22. The van der Waals surface area contributed by atoms with Gasteiger partial charge in [-0.3, -0.25) is 4.79 Å². The molecule has 4 nitrogen and oxygen atoms in total. The first-order chi connectivity index (χ1) is 10.6. The van der Waals surface area contributed by atoms with Crippen molar-refractivity contribution in [2.24, 2.45) is 0 Å². The van der Waals surface area contributed by atoms with Crippen molar-refractivity contribution in [1.29, 1.82) is 0 Å². The Balaban J connectivity index is 1.81. The third kappa shape index (κ3) is 3.07. The van der Waals surface area contributed by atoms with Crippen molar-refractivity contribution in [2.75, 3.05) is 6.54 Å². The Morgan fingerprint density at radius 3 is 3.00 bits per heavy atom. The molecule has 22 heavy (non-hydrogen) atoms. The molecule has 2 unspecified atom stereocenters. The zero-order valence-electron chi connectivity index (χ0n) is 12.7. The van der Waals surface area contributed by atoms with Crippen molar-refractivity contribution in [2.45, 2.75) is 38.3 Å². The predicted octanol–water partition coefficient (Wildman–Crippen LogP) is 3.32. The molecule has 1 amide bonds. The topological polar surface area (TPSA) is 53.7 Å². The first-order valence-corrected chi connectivity index (χ1v) is 7.77. The molecule has 0 aliphatic carbocycles. The molecule has 3 rings (SSSR count). The Hall–Kier alpha value is -2.07. The summed E-state index contributed by atoms with van der Waals surface area (Å²) in [5.41, 5.74) is 2.64. The highest BCUT2D eigenvalue weighted by Crippen LogP contribution is 2.26. The number of amides is 1. The number of aliphatic hydroxyl groups is 1. The molecule has 1 N–H and O–H groups in total. The van der Waals surface area contributed by atoms with Gasteiger partial charge in [-0.15, -0.1) is 0 Å². The molecule has 1 aliphatic rings. The van der Waals surface area contributed by atoms with Crippen LogP contribution in [0.4, 0.5) is 0 Å². The van der Waals surface area contributed by atoms with Gasteiger partial charge in [-0.2, -0.15) is 0 Å². The lowest BCUT2D eigenvalue weighted by Crippen LogP contribution is -2.37. The number of carbonyl (C=O) groups excluding carboxylic acids is 1. The lowest BCUT2D eigenvalue weighted by atomic mass is 10.0. The number of furan rings is 1. The second-order valence-electron chi connectivity index (χ2n) is 5.97. The maximum absolute atomic E-state index is 12.8. The monoisotopic (exact) mass is 299 g/mol. The number of benzene rings is 1. The summed E-state index contributed by atoms with van der Waals surface area (Å²) < 4.78 is 5.11. The van der Waals surface area contributed by atoms with Crippen molar-refractivity contribution in [1.82, 2.24) is 4.90 Å². The van der Waals surface area contributed by atoms with Gasteiger partial charge in [0.2, 0.25) is 0 Å². The molecule has 2 atom stereocenters. The zero-order chi connectivity index (χ0) is 15.5. The van der Waals surface area contributed by atoms with E-state index in [0.717, 1.165) is 30.5 Å². The summed E-state index contributed by atoms with van der Waals surface area (Å²) in [6, 6.07) is 9.66. The smallest absolute Gasteiger partial charge is 0.254 e. The van der Waals surface area contributed by atoms with Crippen LogP contribution < -0.4 is 0 Å². The summed E-state index contributed by atoms with van der Waals surface area (Å²) in [7, 11) is 0. The standard InChI is InChI=1S/C18H21NO3/c1-13(20)10-17-6-3-8-19(17)18(21)15-5-2-4-14(11-15)16-7-9-22-12-16/h2,4-5,7,9,11-13,17,20H,3,6,8,10H2,1H3. The second kappa shape index (κ2) is 6.36. The molecular formula is C18H21NO3. The first kappa shape index (κ1) is 14.9. The maximum Gasteiger partial charge on any atom is 0.254 e. The largest absolute Gasteiger partial charge is 0.472 e. The molecule has 1 aromatic heterocycles. The van der Waals surface area contributed by atoms with Gasteiger partial charge in [0.15, 0.2) is 0 Å². The Labute approximate surface area is 130 Å². The summed E-state index contributed by atoms with van der Waals surface area (Å²) in [6.07, 6.45) is 5.55. The van der Waals surface area contributed by atoms with E-state index in [0.29, 0.717) is 12.0 Å². The summed E-state index contributed by atoms with van der Waals surface area (Å²) in [4.78, 5) is 14.7. The van der Waals surface area contributed by atoms with Gasteiger partial charge in [0, 0.05) is 23.7 Å². The first-order valence-electron chi connectivity index (χ1n) is 7.77. The number of hydrogen-bond acceptors (Lipinski definition) is 3. The molecule has 1 aliphatic heterocycles. The fourth-order valence-electron chi connectivity index (χ4n) is 3.17. The van der Waals surface area contributed by atoms with Gasteiger partial charge < -0.3 is 14.4 Å². The van der Waals surface area contributed by atoms with Gasteiger partial charge in [0.1, 0.15) is 0 Å². The molecule has 116 valence electrons. The number of aliphatic hydroxyl groups excluding tert-OH is 1. The van der Waals surface area contributed by atoms with Crippen LogP contribution in [0.3, 0.4) is 0 Å². The van der Waals surface area contributed by atoms with Gasteiger partial charge in [0.25, 0.3) is 5.91 Å². The molecule has 0 bridgehead atoms. The van der Waals surface area contributed by atoms with Crippen LogP contribution in [0.15, 0.2) is 47.3 Å². The van der Waals surface area contributed by atoms with Crippen LogP contribution in [0.2, 0.25) is 0 Å². The van der Waals surface area contributed by atoms with Crippen LogP contribution in [-0.2, 0) is 0 Å². The van der Waals surface area contributed by atoms with E-state index in [1.165, 1.54) is 0 Å². The Morgan fingerprint density at radius 1 is 1.41 bits per heavy atom. The van der Waals surface area contributed by atoms with E-state index in [4.69, 9.17) is 4.42 Å². The highest BCUT2D eigenvalue weighted by Gasteiger charge is 2.30. The molecule has 4 heteroatoms. The van der Waals surface area contributed by atoms with Crippen LogP contribution in [0.25, 0.3) is 11.1 Å². The second-order valence-corrected chi connectivity index (χ2v) is 5.97. The van der Waals surface area contributed by atoms with Crippen LogP contribution in [-0.4, -0.2) is 34.6 Å². The number of likely N-dealkylation sites (tertiary alicyclic amines) is 1. The highest BCUT2D eigenvalue weighted by atomic mass is 16.3. The maximum atomic E-state index is 12.8. The molecule has 1 aromatic carbocycles. The molecule has 0 saturated carbocycles. The quantitative estimate of drug-likeness (QED) is 0.942. The minimum Gasteiger partial charge on any atom is -0.472 e. The van der Waals surface area contributed by atoms with Crippen molar-refractivity contribution < 1.29 is 14.3 Å². The minimum atomic E-state index is -0.379. The number of rotatable bonds is 4. The van der Waals surface area contributed by atoms with E-state index in [-0.39, 0.29) is 18.1 Å². The summed E-state index contributed by atoms with van der Waals surface area (Å²) in [6.45, 7) is 2.55. The van der Waals surface area contributed by atoms with E-state index in [1.54, 1.807) is 19.5 Å². The van der Waals surface area contributed by atoms with Crippen molar-refractivity contribution in [3.63, 3.8) is 0 Å². The normalized spacial score (nSPS) is 19.4. The predicted molar refractivity (Wildman–Crippen MR) is 84.5 cm³/mol. The van der Waals surface area contributed by atoms with Gasteiger partial charge in [-0.1, -0.05) is 12.1 Å². The summed E-state index contributed by atoms with van der Waals surface area (Å²) in [5.74, 6) is 0.0495. The number of carbonyl (C=O) groups is 1. The average molecular weight is 299 g/mol. The van der Waals surface area contributed by atoms with Crippen LogP contribution in [0.5, 0.6) is 0 Å². The van der Waals surface area contributed by atoms with Crippen molar-refractivity contribution in [3.05, 3.63) is 48.4 Å². The van der Waals surface area contributed by atoms with Crippen LogP contribution in [0.1, 0.15) is 36.5 Å². The highest BCUT2D eigenvalue weighted by molar-refractivity contribution is 5.95. The van der Waals surface area contributed by atoms with Crippen molar-refractivity contribution in [3.8, 4) is 11.1 Å².